The summed E-state index contributed by atoms with van der Waals surface area (Å²) in [6, 6.07) is 12.4. The Bertz CT molecular complexity index is 858. The number of primary sulfonamides is 1. The molecule has 0 radical (unpaired) electrons. The highest BCUT2D eigenvalue weighted by atomic mass is 32.2. The minimum atomic E-state index is -3.63. The largest absolute Gasteiger partial charge is 0.321 e. The zero-order valence-electron chi connectivity index (χ0n) is 14.0. The number of para-hydroxylation sites is 1. The van der Waals surface area contributed by atoms with Crippen LogP contribution in [0.3, 0.4) is 0 Å². The van der Waals surface area contributed by atoms with E-state index in [2.05, 4.69) is 19.2 Å². The van der Waals surface area contributed by atoms with Crippen molar-refractivity contribution in [2.45, 2.75) is 32.4 Å². The quantitative estimate of drug-likeness (QED) is 0.871. The van der Waals surface area contributed by atoms with Crippen LogP contribution in [-0.4, -0.2) is 14.3 Å². The molecule has 0 fully saturated rings. The van der Waals surface area contributed by atoms with Gasteiger partial charge in [-0.2, -0.15) is 0 Å². The molecular weight excluding hydrogens is 324 g/mol. The van der Waals surface area contributed by atoms with Crippen molar-refractivity contribution in [3.8, 4) is 0 Å². The van der Waals surface area contributed by atoms with Crippen LogP contribution in [0.15, 0.2) is 42.5 Å². The van der Waals surface area contributed by atoms with Crippen LogP contribution < -0.4 is 10.5 Å². The third kappa shape index (κ3) is 4.66. The molecule has 0 aliphatic carbocycles. The Morgan fingerprint density at radius 3 is 2.46 bits per heavy atom. The number of sulfonamides is 1. The van der Waals surface area contributed by atoms with Crippen LogP contribution in [0.4, 0.5) is 5.69 Å². The van der Waals surface area contributed by atoms with Crippen LogP contribution >= 0.6 is 0 Å². The fourth-order valence-corrected chi connectivity index (χ4v) is 3.21. The summed E-state index contributed by atoms with van der Waals surface area (Å²) in [5, 5.41) is 8.01. The van der Waals surface area contributed by atoms with E-state index in [1.54, 1.807) is 24.3 Å². The number of nitrogens with one attached hydrogen (secondary N) is 1. The molecule has 5 nitrogen and oxygen atoms in total. The lowest BCUT2D eigenvalue weighted by molar-refractivity contribution is 0.102. The molecule has 0 unspecified atom stereocenters. The zero-order valence-corrected chi connectivity index (χ0v) is 14.9. The maximum atomic E-state index is 12.6. The van der Waals surface area contributed by atoms with Gasteiger partial charge in [-0.1, -0.05) is 44.2 Å². The number of anilines is 1. The van der Waals surface area contributed by atoms with Gasteiger partial charge in [0.05, 0.1) is 5.75 Å². The first-order valence-corrected chi connectivity index (χ1v) is 9.39. The van der Waals surface area contributed by atoms with Crippen molar-refractivity contribution in [1.82, 2.24) is 0 Å². The van der Waals surface area contributed by atoms with E-state index >= 15 is 0 Å². The Morgan fingerprint density at radius 2 is 1.83 bits per heavy atom. The average molecular weight is 346 g/mol. The van der Waals surface area contributed by atoms with Crippen LogP contribution in [0.2, 0.25) is 0 Å². The van der Waals surface area contributed by atoms with Crippen LogP contribution in [-0.2, 0) is 15.8 Å². The molecule has 6 heteroatoms. The van der Waals surface area contributed by atoms with Crippen LogP contribution in [0.1, 0.15) is 46.8 Å². The van der Waals surface area contributed by atoms with E-state index < -0.39 is 10.0 Å². The molecule has 24 heavy (non-hydrogen) atoms. The Hall–Kier alpha value is -2.18. The number of hydrogen-bond donors (Lipinski definition) is 2. The average Bonchev–Trinajstić information content (AvgIpc) is 2.47. The van der Waals surface area contributed by atoms with Gasteiger partial charge < -0.3 is 5.32 Å². The Morgan fingerprint density at radius 1 is 1.17 bits per heavy atom. The molecule has 0 aliphatic heterocycles. The minimum absolute atomic E-state index is 0.272. The van der Waals surface area contributed by atoms with Crippen molar-refractivity contribution in [1.29, 1.82) is 0 Å². The summed E-state index contributed by atoms with van der Waals surface area (Å²) in [7, 11) is -3.63. The van der Waals surface area contributed by atoms with Crippen LogP contribution in [0.5, 0.6) is 0 Å². The first-order valence-electron chi connectivity index (χ1n) is 7.67. The van der Waals surface area contributed by atoms with Gasteiger partial charge in [0.1, 0.15) is 0 Å². The van der Waals surface area contributed by atoms with Crippen LogP contribution in [0, 0.1) is 6.92 Å². The standard InChI is InChI=1S/C18H22N2O3S/c1-12(2)16-9-4-6-13(3)17(16)20-18(21)15-8-5-7-14(10-15)11-24(19,22)23/h4-10,12H,11H2,1-3H3,(H,20,21)(H2,19,22,23). The summed E-state index contributed by atoms with van der Waals surface area (Å²) >= 11 is 0. The monoisotopic (exact) mass is 346 g/mol. The summed E-state index contributed by atoms with van der Waals surface area (Å²) in [4.78, 5) is 12.6. The molecule has 2 aromatic carbocycles. The van der Waals surface area contributed by atoms with E-state index in [1.807, 2.05) is 25.1 Å². The second-order valence-corrected chi connectivity index (χ2v) is 7.77. The Kier molecular flexibility index (Phi) is 5.41. The number of carbonyl (C=O) groups excluding carboxylic acids is 1. The maximum absolute atomic E-state index is 12.6. The van der Waals surface area contributed by atoms with Crippen molar-refractivity contribution in [3.05, 3.63) is 64.7 Å². The molecule has 0 saturated carbocycles. The molecule has 0 spiro atoms. The number of rotatable bonds is 5. The van der Waals surface area contributed by atoms with Gasteiger partial charge >= 0.3 is 0 Å². The molecule has 2 aromatic rings. The van der Waals surface area contributed by atoms with E-state index in [1.165, 1.54) is 0 Å². The molecule has 0 aliphatic rings. The Labute approximate surface area is 142 Å². The van der Waals surface area contributed by atoms with Crippen molar-refractivity contribution in [3.63, 3.8) is 0 Å². The number of carbonyl (C=O) groups is 1. The highest BCUT2D eigenvalue weighted by Gasteiger charge is 2.14. The lowest BCUT2D eigenvalue weighted by Crippen LogP contribution is -2.17. The van der Waals surface area contributed by atoms with Crippen molar-refractivity contribution in [2.24, 2.45) is 5.14 Å². The highest BCUT2D eigenvalue weighted by Crippen LogP contribution is 2.27. The second kappa shape index (κ2) is 7.15. The fourth-order valence-electron chi connectivity index (χ4n) is 2.56. The van der Waals surface area contributed by atoms with Gasteiger partial charge in [-0.15, -0.1) is 0 Å². The van der Waals surface area contributed by atoms with E-state index in [-0.39, 0.29) is 17.6 Å². The SMILES string of the molecule is Cc1cccc(C(C)C)c1NC(=O)c1cccc(CS(N)(=O)=O)c1. The van der Waals surface area contributed by atoms with Crippen molar-refractivity contribution >= 4 is 21.6 Å². The molecule has 0 heterocycles. The van der Waals surface area contributed by atoms with Gasteiger partial charge in [-0.3, -0.25) is 4.79 Å². The summed E-state index contributed by atoms with van der Waals surface area (Å²) in [6.45, 7) is 6.08. The maximum Gasteiger partial charge on any atom is 0.255 e. The highest BCUT2D eigenvalue weighted by molar-refractivity contribution is 7.88. The van der Waals surface area contributed by atoms with E-state index in [9.17, 15) is 13.2 Å². The molecule has 3 N–H and O–H groups in total. The first-order chi connectivity index (χ1) is 11.2. The molecule has 0 saturated heterocycles. The molecule has 0 bridgehead atoms. The van der Waals surface area contributed by atoms with Gasteiger partial charge in [0.25, 0.3) is 5.91 Å². The smallest absolute Gasteiger partial charge is 0.255 e. The Balaban J connectivity index is 2.30. The fraction of sp³-hybridized carbons (Fsp3) is 0.278. The number of amides is 1. The molecule has 1 amide bonds. The van der Waals surface area contributed by atoms with Gasteiger partial charge in [-0.25, -0.2) is 13.6 Å². The summed E-state index contributed by atoms with van der Waals surface area (Å²) in [5.74, 6) is -0.299. The lowest BCUT2D eigenvalue weighted by Gasteiger charge is -2.16. The predicted molar refractivity (Wildman–Crippen MR) is 96.5 cm³/mol. The lowest BCUT2D eigenvalue weighted by atomic mass is 9.98. The molecule has 2 rings (SSSR count). The number of benzene rings is 2. The molecule has 0 atom stereocenters. The van der Waals surface area contributed by atoms with Gasteiger partial charge in [0.15, 0.2) is 0 Å². The summed E-state index contributed by atoms with van der Waals surface area (Å²) < 4.78 is 22.4. The second-order valence-electron chi connectivity index (χ2n) is 6.16. The van der Waals surface area contributed by atoms with Gasteiger partial charge in [-0.05, 0) is 41.7 Å². The summed E-state index contributed by atoms with van der Waals surface area (Å²) in [5.41, 5.74) is 3.72. The van der Waals surface area contributed by atoms with Crippen molar-refractivity contribution < 1.29 is 13.2 Å². The van der Waals surface area contributed by atoms with Gasteiger partial charge in [0.2, 0.25) is 10.0 Å². The number of aryl methyl sites for hydroxylation is 1. The molecule has 128 valence electrons. The molecular formula is C18H22N2O3S. The van der Waals surface area contributed by atoms with E-state index in [0.29, 0.717) is 11.1 Å². The third-order valence-corrected chi connectivity index (χ3v) is 4.46. The topological polar surface area (TPSA) is 89.3 Å². The van der Waals surface area contributed by atoms with E-state index in [4.69, 9.17) is 5.14 Å². The third-order valence-electron chi connectivity index (χ3n) is 3.72. The van der Waals surface area contributed by atoms with Crippen LogP contribution in [0.25, 0.3) is 0 Å². The number of hydrogen-bond acceptors (Lipinski definition) is 3. The minimum Gasteiger partial charge on any atom is -0.321 e. The van der Waals surface area contributed by atoms with Gasteiger partial charge in [0, 0.05) is 11.3 Å². The summed E-state index contributed by atoms with van der Waals surface area (Å²) in [6.07, 6.45) is 0. The van der Waals surface area contributed by atoms with Crippen molar-refractivity contribution in [2.75, 3.05) is 5.32 Å². The first kappa shape index (κ1) is 18.2. The normalized spacial score (nSPS) is 11.5. The molecule has 0 aromatic heterocycles. The zero-order chi connectivity index (χ0) is 17.9. The van der Waals surface area contributed by atoms with E-state index in [0.717, 1.165) is 16.8 Å². The number of nitrogens with two attached hydrogens (primary N) is 1. The predicted octanol–water partition coefficient (Wildman–Crippen LogP) is 3.16.